The molecular formula is C12H18N2O4. The molecule has 0 spiro atoms. The van der Waals surface area contributed by atoms with Crippen LogP contribution in [-0.2, 0) is 19.1 Å². The maximum Gasteiger partial charge on any atom is 0.253 e. The molecule has 0 saturated carbocycles. The van der Waals surface area contributed by atoms with Crippen molar-refractivity contribution in [3.05, 3.63) is 12.2 Å². The summed E-state index contributed by atoms with van der Waals surface area (Å²) in [5, 5.41) is 2.73. The van der Waals surface area contributed by atoms with Crippen LogP contribution in [0.3, 0.4) is 0 Å². The third-order valence-corrected chi connectivity index (χ3v) is 2.56. The van der Waals surface area contributed by atoms with Gasteiger partial charge in [0.25, 0.3) is 11.8 Å². The Morgan fingerprint density at radius 2 is 2.00 bits per heavy atom. The van der Waals surface area contributed by atoms with Gasteiger partial charge < -0.3 is 10.1 Å². The van der Waals surface area contributed by atoms with E-state index in [1.165, 1.54) is 12.2 Å². The summed E-state index contributed by atoms with van der Waals surface area (Å²) < 4.78 is 4.95. The minimum atomic E-state index is -0.361. The Hall–Kier alpha value is -1.69. The standard InChI is InChI=1S/C12H18N2O4/c1-9(8-18-2)7-13-10(15)5-6-14-11(16)3-4-12(14)17/h3-4,9H,5-8H2,1-2H3,(H,13,15). The Bertz CT molecular complexity index is 347. The molecule has 0 bridgehead atoms. The molecule has 100 valence electrons. The summed E-state index contributed by atoms with van der Waals surface area (Å²) in [7, 11) is 1.61. The van der Waals surface area contributed by atoms with Crippen LogP contribution in [0.25, 0.3) is 0 Å². The first-order valence-electron chi connectivity index (χ1n) is 5.83. The molecule has 1 rings (SSSR count). The van der Waals surface area contributed by atoms with Gasteiger partial charge in [0.2, 0.25) is 5.91 Å². The minimum absolute atomic E-state index is 0.120. The number of hydrogen-bond donors (Lipinski definition) is 1. The molecule has 0 aliphatic carbocycles. The highest BCUT2D eigenvalue weighted by Gasteiger charge is 2.23. The lowest BCUT2D eigenvalue weighted by Crippen LogP contribution is -2.36. The van der Waals surface area contributed by atoms with Crippen LogP contribution in [-0.4, -0.2) is 49.4 Å². The zero-order valence-electron chi connectivity index (χ0n) is 10.6. The highest BCUT2D eigenvalue weighted by atomic mass is 16.5. The molecule has 0 saturated heterocycles. The number of ether oxygens (including phenoxy) is 1. The van der Waals surface area contributed by atoms with Gasteiger partial charge in [0.05, 0.1) is 6.61 Å². The molecular weight excluding hydrogens is 236 g/mol. The molecule has 1 aliphatic rings. The molecule has 0 aromatic carbocycles. The number of hydrogen-bond acceptors (Lipinski definition) is 4. The average molecular weight is 254 g/mol. The van der Waals surface area contributed by atoms with Crippen molar-refractivity contribution in [3.8, 4) is 0 Å². The Labute approximate surface area is 106 Å². The lowest BCUT2D eigenvalue weighted by molar-refractivity contribution is -0.137. The van der Waals surface area contributed by atoms with Crippen LogP contribution in [0.15, 0.2) is 12.2 Å². The summed E-state index contributed by atoms with van der Waals surface area (Å²) in [4.78, 5) is 35.0. The molecule has 0 aromatic rings. The molecule has 1 aliphatic heterocycles. The van der Waals surface area contributed by atoms with Crippen LogP contribution < -0.4 is 5.32 Å². The molecule has 18 heavy (non-hydrogen) atoms. The fourth-order valence-electron chi connectivity index (χ4n) is 1.58. The van der Waals surface area contributed by atoms with E-state index < -0.39 is 0 Å². The van der Waals surface area contributed by atoms with Crippen LogP contribution in [0.5, 0.6) is 0 Å². The van der Waals surface area contributed by atoms with E-state index in [4.69, 9.17) is 4.74 Å². The predicted octanol–water partition coefficient (Wildman–Crippen LogP) is -0.300. The van der Waals surface area contributed by atoms with Gasteiger partial charge in [-0.15, -0.1) is 0 Å². The molecule has 3 amide bonds. The molecule has 0 aromatic heterocycles. The highest BCUT2D eigenvalue weighted by molar-refractivity contribution is 6.13. The molecule has 1 N–H and O–H groups in total. The third-order valence-electron chi connectivity index (χ3n) is 2.56. The lowest BCUT2D eigenvalue weighted by atomic mass is 10.2. The molecule has 1 unspecified atom stereocenters. The maximum absolute atomic E-state index is 11.5. The van der Waals surface area contributed by atoms with Crippen LogP contribution >= 0.6 is 0 Å². The molecule has 0 fully saturated rings. The van der Waals surface area contributed by atoms with E-state index in [-0.39, 0.29) is 36.6 Å². The zero-order chi connectivity index (χ0) is 13.5. The normalized spacial score (nSPS) is 16.2. The summed E-state index contributed by atoms with van der Waals surface area (Å²) >= 11 is 0. The van der Waals surface area contributed by atoms with Gasteiger partial charge in [0, 0.05) is 38.8 Å². The Balaban J connectivity index is 2.21. The Morgan fingerprint density at radius 3 is 2.56 bits per heavy atom. The topological polar surface area (TPSA) is 75.7 Å². The van der Waals surface area contributed by atoms with E-state index in [2.05, 4.69) is 5.32 Å². The summed E-state index contributed by atoms with van der Waals surface area (Å²) in [5.74, 6) is -0.665. The number of methoxy groups -OCH3 is 1. The first-order valence-corrected chi connectivity index (χ1v) is 5.83. The first-order chi connectivity index (χ1) is 8.54. The Kier molecular flexibility index (Phi) is 5.51. The van der Waals surface area contributed by atoms with E-state index in [1.807, 2.05) is 6.92 Å². The smallest absolute Gasteiger partial charge is 0.253 e. The van der Waals surface area contributed by atoms with E-state index in [0.29, 0.717) is 13.2 Å². The van der Waals surface area contributed by atoms with Crippen LogP contribution in [0, 0.1) is 5.92 Å². The third kappa shape index (κ3) is 4.29. The number of amides is 3. The van der Waals surface area contributed by atoms with Crippen LogP contribution in [0.4, 0.5) is 0 Å². The van der Waals surface area contributed by atoms with Gasteiger partial charge in [0.1, 0.15) is 0 Å². The minimum Gasteiger partial charge on any atom is -0.384 e. The van der Waals surface area contributed by atoms with Gasteiger partial charge in [-0.1, -0.05) is 6.92 Å². The highest BCUT2D eigenvalue weighted by Crippen LogP contribution is 2.04. The van der Waals surface area contributed by atoms with Gasteiger partial charge in [-0.2, -0.15) is 0 Å². The van der Waals surface area contributed by atoms with Gasteiger partial charge >= 0.3 is 0 Å². The van der Waals surface area contributed by atoms with Crippen molar-refractivity contribution < 1.29 is 19.1 Å². The van der Waals surface area contributed by atoms with Crippen molar-refractivity contribution in [1.29, 1.82) is 0 Å². The van der Waals surface area contributed by atoms with Crippen molar-refractivity contribution in [2.24, 2.45) is 5.92 Å². The fraction of sp³-hybridized carbons (Fsp3) is 0.583. The number of imide groups is 1. The number of carbonyl (C=O) groups is 3. The van der Waals surface area contributed by atoms with Crippen molar-refractivity contribution in [1.82, 2.24) is 10.2 Å². The second kappa shape index (κ2) is 6.90. The maximum atomic E-state index is 11.5. The van der Waals surface area contributed by atoms with Crippen molar-refractivity contribution in [2.75, 3.05) is 26.8 Å². The van der Waals surface area contributed by atoms with E-state index in [0.717, 1.165) is 4.90 Å². The van der Waals surface area contributed by atoms with Crippen molar-refractivity contribution in [2.45, 2.75) is 13.3 Å². The second-order valence-corrected chi connectivity index (χ2v) is 4.28. The Morgan fingerprint density at radius 1 is 1.39 bits per heavy atom. The fourth-order valence-corrected chi connectivity index (χ4v) is 1.58. The predicted molar refractivity (Wildman–Crippen MR) is 64.5 cm³/mol. The summed E-state index contributed by atoms with van der Waals surface area (Å²) in [6.07, 6.45) is 2.54. The van der Waals surface area contributed by atoms with Gasteiger partial charge in [0.15, 0.2) is 0 Å². The number of nitrogens with one attached hydrogen (secondary N) is 1. The van der Waals surface area contributed by atoms with Gasteiger partial charge in [-0.25, -0.2) is 0 Å². The van der Waals surface area contributed by atoms with Crippen molar-refractivity contribution in [3.63, 3.8) is 0 Å². The molecule has 6 heteroatoms. The average Bonchev–Trinajstić information content (AvgIpc) is 2.64. The first kappa shape index (κ1) is 14.4. The molecule has 1 atom stereocenters. The summed E-state index contributed by atoms with van der Waals surface area (Å²) in [5.41, 5.74) is 0. The largest absolute Gasteiger partial charge is 0.384 e. The van der Waals surface area contributed by atoms with E-state index in [9.17, 15) is 14.4 Å². The van der Waals surface area contributed by atoms with Crippen LogP contribution in [0.2, 0.25) is 0 Å². The quantitative estimate of drug-likeness (QED) is 0.633. The number of carbonyl (C=O) groups excluding carboxylic acids is 3. The van der Waals surface area contributed by atoms with Crippen LogP contribution in [0.1, 0.15) is 13.3 Å². The van der Waals surface area contributed by atoms with E-state index >= 15 is 0 Å². The number of nitrogens with zero attached hydrogens (tertiary/aromatic N) is 1. The summed E-state index contributed by atoms with van der Waals surface area (Å²) in [6.45, 7) is 3.18. The van der Waals surface area contributed by atoms with Crippen molar-refractivity contribution >= 4 is 17.7 Å². The monoisotopic (exact) mass is 254 g/mol. The number of rotatable bonds is 7. The SMILES string of the molecule is COCC(C)CNC(=O)CCN1C(=O)C=CC1=O. The van der Waals surface area contributed by atoms with Gasteiger partial charge in [-0.3, -0.25) is 19.3 Å². The molecule has 6 nitrogen and oxygen atoms in total. The zero-order valence-corrected chi connectivity index (χ0v) is 10.6. The molecule has 0 radical (unpaired) electrons. The van der Waals surface area contributed by atoms with Gasteiger partial charge in [-0.05, 0) is 5.92 Å². The second-order valence-electron chi connectivity index (χ2n) is 4.28. The van der Waals surface area contributed by atoms with E-state index in [1.54, 1.807) is 7.11 Å². The summed E-state index contributed by atoms with van der Waals surface area (Å²) in [6, 6.07) is 0. The lowest BCUT2D eigenvalue weighted by Gasteiger charge is -2.14. The molecule has 1 heterocycles.